The van der Waals surface area contributed by atoms with E-state index in [9.17, 15) is 4.79 Å². The van der Waals surface area contributed by atoms with Gasteiger partial charge in [-0.1, -0.05) is 12.8 Å². The Morgan fingerprint density at radius 2 is 2.14 bits per heavy atom. The first kappa shape index (κ1) is 15.7. The highest BCUT2D eigenvalue weighted by molar-refractivity contribution is 5.90. The van der Waals surface area contributed by atoms with E-state index < -0.39 is 5.91 Å². The SMILES string of the molecule is CCOCCC1(CNc2ccc(C(N)=O)nn2)CCCC1. The quantitative estimate of drug-likeness (QED) is 0.715. The molecule has 1 aromatic heterocycles. The number of hydrogen-bond acceptors (Lipinski definition) is 5. The smallest absolute Gasteiger partial charge is 0.269 e. The van der Waals surface area contributed by atoms with Crippen LogP contribution in [-0.4, -0.2) is 35.9 Å². The van der Waals surface area contributed by atoms with Gasteiger partial charge in [-0.2, -0.15) is 0 Å². The summed E-state index contributed by atoms with van der Waals surface area (Å²) in [6.07, 6.45) is 6.07. The number of rotatable bonds is 8. The summed E-state index contributed by atoms with van der Waals surface area (Å²) >= 11 is 0. The highest BCUT2D eigenvalue weighted by atomic mass is 16.5. The van der Waals surface area contributed by atoms with Gasteiger partial charge in [0, 0.05) is 19.8 Å². The molecule has 21 heavy (non-hydrogen) atoms. The summed E-state index contributed by atoms with van der Waals surface area (Å²) in [5.74, 6) is 0.126. The fourth-order valence-corrected chi connectivity index (χ4v) is 2.91. The third-order valence-corrected chi connectivity index (χ3v) is 4.21. The number of primary amides is 1. The van der Waals surface area contributed by atoms with Gasteiger partial charge >= 0.3 is 0 Å². The molecule has 0 radical (unpaired) electrons. The fraction of sp³-hybridized carbons (Fsp3) is 0.667. The Bertz CT molecular complexity index is 455. The van der Waals surface area contributed by atoms with Crippen molar-refractivity contribution in [3.8, 4) is 0 Å². The lowest BCUT2D eigenvalue weighted by Gasteiger charge is -2.29. The number of anilines is 1. The average Bonchev–Trinajstić information content (AvgIpc) is 2.95. The molecule has 0 aromatic carbocycles. The summed E-state index contributed by atoms with van der Waals surface area (Å²) in [6, 6.07) is 3.34. The normalized spacial score (nSPS) is 16.8. The van der Waals surface area contributed by atoms with Gasteiger partial charge in [-0.05, 0) is 43.7 Å². The van der Waals surface area contributed by atoms with Crippen molar-refractivity contribution in [2.24, 2.45) is 11.1 Å². The molecule has 0 atom stereocenters. The van der Waals surface area contributed by atoms with Crippen LogP contribution in [0.1, 0.15) is 49.5 Å². The van der Waals surface area contributed by atoms with Gasteiger partial charge in [-0.25, -0.2) is 0 Å². The predicted octanol–water partition coefficient (Wildman–Crippen LogP) is 1.97. The summed E-state index contributed by atoms with van der Waals surface area (Å²) in [5.41, 5.74) is 5.63. The van der Waals surface area contributed by atoms with Gasteiger partial charge in [-0.3, -0.25) is 4.79 Å². The van der Waals surface area contributed by atoms with E-state index in [-0.39, 0.29) is 5.69 Å². The molecule has 0 bridgehead atoms. The molecule has 0 aliphatic heterocycles. The van der Waals surface area contributed by atoms with Crippen molar-refractivity contribution in [2.45, 2.75) is 39.0 Å². The lowest BCUT2D eigenvalue weighted by molar-refractivity contribution is 0.0994. The Morgan fingerprint density at radius 1 is 1.38 bits per heavy atom. The molecule has 1 aliphatic rings. The van der Waals surface area contributed by atoms with E-state index in [0.29, 0.717) is 11.2 Å². The van der Waals surface area contributed by atoms with Crippen LogP contribution in [0.5, 0.6) is 0 Å². The molecule has 3 N–H and O–H groups in total. The van der Waals surface area contributed by atoms with Crippen molar-refractivity contribution in [3.63, 3.8) is 0 Å². The molecule has 2 rings (SSSR count). The maximum Gasteiger partial charge on any atom is 0.269 e. The summed E-state index contributed by atoms with van der Waals surface area (Å²) in [4.78, 5) is 11.0. The molecule has 1 amide bonds. The van der Waals surface area contributed by atoms with Crippen LogP contribution >= 0.6 is 0 Å². The van der Waals surface area contributed by atoms with Gasteiger partial charge in [0.1, 0.15) is 5.82 Å². The van der Waals surface area contributed by atoms with Crippen molar-refractivity contribution in [3.05, 3.63) is 17.8 Å². The van der Waals surface area contributed by atoms with Crippen molar-refractivity contribution in [1.29, 1.82) is 0 Å². The topological polar surface area (TPSA) is 90.1 Å². The molecule has 0 unspecified atom stereocenters. The minimum absolute atomic E-state index is 0.187. The molecule has 116 valence electrons. The van der Waals surface area contributed by atoms with E-state index in [2.05, 4.69) is 15.5 Å². The fourth-order valence-electron chi connectivity index (χ4n) is 2.91. The highest BCUT2D eigenvalue weighted by Gasteiger charge is 2.33. The van der Waals surface area contributed by atoms with E-state index in [0.717, 1.165) is 26.2 Å². The summed E-state index contributed by atoms with van der Waals surface area (Å²) in [6.45, 7) is 4.47. The standard InChI is InChI=1S/C15H24N4O2/c1-2-21-10-9-15(7-3-4-8-15)11-17-13-6-5-12(14(16)20)18-19-13/h5-6H,2-4,7-11H2,1H3,(H2,16,20)(H,17,19). The predicted molar refractivity (Wildman–Crippen MR) is 81.1 cm³/mol. The van der Waals surface area contributed by atoms with Gasteiger partial charge in [-0.15, -0.1) is 10.2 Å². The number of amides is 1. The van der Waals surface area contributed by atoms with Crippen LogP contribution in [0.25, 0.3) is 0 Å². The number of carbonyl (C=O) groups is 1. The second kappa shape index (κ2) is 7.36. The minimum atomic E-state index is -0.557. The van der Waals surface area contributed by atoms with E-state index >= 15 is 0 Å². The van der Waals surface area contributed by atoms with Crippen LogP contribution in [0.4, 0.5) is 5.82 Å². The molecule has 6 nitrogen and oxygen atoms in total. The number of hydrogen-bond donors (Lipinski definition) is 2. The van der Waals surface area contributed by atoms with Crippen LogP contribution in [0, 0.1) is 5.41 Å². The molecular formula is C15H24N4O2. The number of nitrogens with two attached hydrogens (primary N) is 1. The zero-order chi connectivity index (χ0) is 15.1. The molecule has 0 spiro atoms. The maximum absolute atomic E-state index is 11.0. The van der Waals surface area contributed by atoms with Gasteiger partial charge in [0.25, 0.3) is 5.91 Å². The first-order chi connectivity index (χ1) is 10.2. The molecular weight excluding hydrogens is 268 g/mol. The minimum Gasteiger partial charge on any atom is -0.382 e. The molecule has 1 fully saturated rings. The van der Waals surface area contributed by atoms with Crippen LogP contribution in [0.15, 0.2) is 12.1 Å². The molecule has 1 aliphatic carbocycles. The summed E-state index contributed by atoms with van der Waals surface area (Å²) in [5, 5.41) is 11.1. The zero-order valence-corrected chi connectivity index (χ0v) is 12.6. The first-order valence-electron chi connectivity index (χ1n) is 7.60. The van der Waals surface area contributed by atoms with Gasteiger partial charge in [0.2, 0.25) is 0 Å². The van der Waals surface area contributed by atoms with Crippen molar-refractivity contribution < 1.29 is 9.53 Å². The first-order valence-corrected chi connectivity index (χ1v) is 7.60. The van der Waals surface area contributed by atoms with Crippen molar-refractivity contribution >= 4 is 11.7 Å². The third-order valence-electron chi connectivity index (χ3n) is 4.21. The second-order valence-electron chi connectivity index (χ2n) is 5.68. The van der Waals surface area contributed by atoms with E-state index in [1.807, 2.05) is 6.92 Å². The number of ether oxygens (including phenoxy) is 1. The van der Waals surface area contributed by atoms with Gasteiger partial charge in [0.15, 0.2) is 5.69 Å². The summed E-state index contributed by atoms with van der Waals surface area (Å²) in [7, 11) is 0. The van der Waals surface area contributed by atoms with Crippen LogP contribution in [0.2, 0.25) is 0 Å². The Morgan fingerprint density at radius 3 is 2.71 bits per heavy atom. The molecule has 1 heterocycles. The lowest BCUT2D eigenvalue weighted by Crippen LogP contribution is -2.29. The van der Waals surface area contributed by atoms with Crippen molar-refractivity contribution in [2.75, 3.05) is 25.1 Å². The van der Waals surface area contributed by atoms with E-state index in [1.165, 1.54) is 25.7 Å². The van der Waals surface area contributed by atoms with Crippen LogP contribution in [0.3, 0.4) is 0 Å². The molecule has 1 saturated carbocycles. The summed E-state index contributed by atoms with van der Waals surface area (Å²) < 4.78 is 5.51. The third kappa shape index (κ3) is 4.39. The maximum atomic E-state index is 11.0. The second-order valence-corrected chi connectivity index (χ2v) is 5.68. The highest BCUT2D eigenvalue weighted by Crippen LogP contribution is 2.41. The molecule has 1 aromatic rings. The van der Waals surface area contributed by atoms with Gasteiger partial charge < -0.3 is 15.8 Å². The Hall–Kier alpha value is -1.69. The number of aromatic nitrogens is 2. The number of carbonyl (C=O) groups excluding carboxylic acids is 1. The monoisotopic (exact) mass is 292 g/mol. The Kier molecular flexibility index (Phi) is 5.50. The largest absolute Gasteiger partial charge is 0.382 e. The van der Waals surface area contributed by atoms with E-state index in [1.54, 1.807) is 12.1 Å². The Balaban J connectivity index is 1.90. The Labute approximate surface area is 125 Å². The van der Waals surface area contributed by atoms with Crippen molar-refractivity contribution in [1.82, 2.24) is 10.2 Å². The molecule has 0 saturated heterocycles. The number of nitrogens with zero attached hydrogens (tertiary/aromatic N) is 2. The van der Waals surface area contributed by atoms with Crippen LogP contribution < -0.4 is 11.1 Å². The van der Waals surface area contributed by atoms with Crippen LogP contribution in [-0.2, 0) is 4.74 Å². The number of nitrogens with one attached hydrogen (secondary N) is 1. The lowest BCUT2D eigenvalue weighted by atomic mass is 9.83. The zero-order valence-electron chi connectivity index (χ0n) is 12.6. The van der Waals surface area contributed by atoms with E-state index in [4.69, 9.17) is 10.5 Å². The van der Waals surface area contributed by atoms with Gasteiger partial charge in [0.05, 0.1) is 0 Å². The molecule has 6 heteroatoms. The average molecular weight is 292 g/mol.